The summed E-state index contributed by atoms with van der Waals surface area (Å²) in [6.45, 7) is 3.01. The summed E-state index contributed by atoms with van der Waals surface area (Å²) in [6.07, 6.45) is 1.91. The molecule has 20 heavy (non-hydrogen) atoms. The van der Waals surface area contributed by atoms with Gasteiger partial charge in [0.1, 0.15) is 0 Å². The summed E-state index contributed by atoms with van der Waals surface area (Å²) in [4.78, 5) is 2.33. The van der Waals surface area contributed by atoms with E-state index >= 15 is 0 Å². The maximum Gasteiger partial charge on any atom is 0.0645 e. The van der Waals surface area contributed by atoms with Gasteiger partial charge in [-0.05, 0) is 43.0 Å². The molecule has 0 aromatic heterocycles. The van der Waals surface area contributed by atoms with Gasteiger partial charge in [-0.1, -0.05) is 41.9 Å². The maximum atomic E-state index is 6.48. The monoisotopic (exact) mass is 286 g/mol. The first-order chi connectivity index (χ1) is 9.66. The van der Waals surface area contributed by atoms with Crippen LogP contribution in [0.3, 0.4) is 0 Å². The number of hydrogen-bond acceptors (Lipinski definition) is 2. The average molecular weight is 287 g/mol. The Kier molecular flexibility index (Phi) is 3.68. The summed E-state index contributed by atoms with van der Waals surface area (Å²) in [7, 11) is 0. The Morgan fingerprint density at radius 1 is 1.20 bits per heavy atom. The number of nitrogens with two attached hydrogens (primary N) is 1. The van der Waals surface area contributed by atoms with Crippen LogP contribution in [0.4, 0.5) is 11.4 Å². The predicted octanol–water partition coefficient (Wildman–Crippen LogP) is 3.92. The molecule has 2 aromatic rings. The molecule has 1 aliphatic rings. The number of hydrogen-bond donors (Lipinski definition) is 1. The van der Waals surface area contributed by atoms with E-state index in [0.29, 0.717) is 0 Å². The largest absolute Gasteiger partial charge is 0.339 e. The van der Waals surface area contributed by atoms with Gasteiger partial charge < -0.3 is 10.6 Å². The third-order valence-corrected chi connectivity index (χ3v) is 4.07. The molecule has 2 N–H and O–H groups in total. The Morgan fingerprint density at radius 2 is 2.00 bits per heavy atom. The molecule has 0 saturated heterocycles. The van der Waals surface area contributed by atoms with Crippen molar-refractivity contribution in [2.24, 2.45) is 5.73 Å². The molecule has 0 aliphatic carbocycles. The second-order valence-corrected chi connectivity index (χ2v) is 5.87. The Labute approximate surface area is 125 Å². The lowest BCUT2D eigenvalue weighted by molar-refractivity contribution is 0.736. The summed E-state index contributed by atoms with van der Waals surface area (Å²) in [6, 6.07) is 14.8. The van der Waals surface area contributed by atoms with Gasteiger partial charge in [0.25, 0.3) is 0 Å². The summed E-state index contributed by atoms with van der Waals surface area (Å²) in [5, 5.41) is 0.805. The van der Waals surface area contributed by atoms with E-state index in [4.69, 9.17) is 17.3 Å². The van der Waals surface area contributed by atoms with Gasteiger partial charge in [-0.15, -0.1) is 0 Å². The zero-order chi connectivity index (χ0) is 14.1. The van der Waals surface area contributed by atoms with Gasteiger partial charge in [-0.3, -0.25) is 0 Å². The van der Waals surface area contributed by atoms with Crippen molar-refractivity contribution in [3.8, 4) is 0 Å². The zero-order valence-corrected chi connectivity index (χ0v) is 12.4. The van der Waals surface area contributed by atoms with Crippen LogP contribution in [0.5, 0.6) is 0 Å². The molecule has 1 heterocycles. The van der Waals surface area contributed by atoms with Crippen LogP contribution in [0, 0.1) is 0 Å². The molecule has 0 amide bonds. The molecule has 104 valence electrons. The molecule has 0 fully saturated rings. The predicted molar refractivity (Wildman–Crippen MR) is 86.0 cm³/mol. The number of nitrogens with zero attached hydrogens (tertiary/aromatic N) is 1. The van der Waals surface area contributed by atoms with E-state index < -0.39 is 0 Å². The van der Waals surface area contributed by atoms with Gasteiger partial charge in [0.15, 0.2) is 0 Å². The van der Waals surface area contributed by atoms with E-state index in [1.165, 1.54) is 16.8 Å². The molecule has 0 radical (unpaired) electrons. The van der Waals surface area contributed by atoms with Crippen LogP contribution < -0.4 is 10.6 Å². The van der Waals surface area contributed by atoms with Crippen molar-refractivity contribution in [2.45, 2.75) is 25.8 Å². The molecule has 1 atom stereocenters. The minimum absolute atomic E-state index is 0.130. The summed E-state index contributed by atoms with van der Waals surface area (Å²) >= 11 is 6.48. The number of halogens is 1. The molecule has 2 nitrogen and oxygen atoms in total. The fourth-order valence-electron chi connectivity index (χ4n) is 2.94. The summed E-state index contributed by atoms with van der Waals surface area (Å²) in [5.74, 6) is 0. The van der Waals surface area contributed by atoms with Gasteiger partial charge in [-0.25, -0.2) is 0 Å². The van der Waals surface area contributed by atoms with Gasteiger partial charge >= 0.3 is 0 Å². The molecule has 3 rings (SSSR count). The van der Waals surface area contributed by atoms with Gasteiger partial charge in [0.2, 0.25) is 0 Å². The van der Waals surface area contributed by atoms with E-state index in [1.54, 1.807) is 0 Å². The molecule has 0 saturated carbocycles. The zero-order valence-electron chi connectivity index (χ0n) is 11.6. The fourth-order valence-corrected chi connectivity index (χ4v) is 3.24. The van der Waals surface area contributed by atoms with Gasteiger partial charge in [0, 0.05) is 18.3 Å². The Balaban J connectivity index is 2.07. The highest BCUT2D eigenvalue weighted by atomic mass is 35.5. The van der Waals surface area contributed by atoms with Crippen LogP contribution >= 0.6 is 11.6 Å². The van der Waals surface area contributed by atoms with E-state index in [0.717, 1.165) is 30.1 Å². The normalized spacial score (nSPS) is 15.2. The Morgan fingerprint density at radius 3 is 2.80 bits per heavy atom. The van der Waals surface area contributed by atoms with Crippen molar-refractivity contribution in [3.63, 3.8) is 0 Å². The smallest absolute Gasteiger partial charge is 0.0645 e. The molecule has 0 spiro atoms. The molecule has 1 unspecified atom stereocenters. The van der Waals surface area contributed by atoms with E-state index in [2.05, 4.69) is 35.2 Å². The van der Waals surface area contributed by atoms with Crippen molar-refractivity contribution in [3.05, 3.63) is 58.6 Å². The molecular weight excluding hydrogens is 268 g/mol. The lowest BCUT2D eigenvalue weighted by Crippen LogP contribution is -2.21. The number of para-hydroxylation sites is 2. The number of rotatable bonds is 3. The molecule has 2 aromatic carbocycles. The van der Waals surface area contributed by atoms with Crippen molar-refractivity contribution < 1.29 is 0 Å². The number of anilines is 2. The second-order valence-electron chi connectivity index (χ2n) is 5.46. The first-order valence-electron chi connectivity index (χ1n) is 7.05. The van der Waals surface area contributed by atoms with Crippen LogP contribution in [-0.4, -0.2) is 12.6 Å². The Bertz CT molecular complexity index is 622. The number of fused-ring (bicyclic) bond motifs is 1. The summed E-state index contributed by atoms with van der Waals surface area (Å²) < 4.78 is 0. The quantitative estimate of drug-likeness (QED) is 0.926. The highest BCUT2D eigenvalue weighted by Gasteiger charge is 2.23. The highest BCUT2D eigenvalue weighted by Crippen LogP contribution is 2.40. The average Bonchev–Trinajstić information content (AvgIpc) is 2.82. The van der Waals surface area contributed by atoms with Gasteiger partial charge in [0.05, 0.1) is 10.7 Å². The first kappa shape index (κ1) is 13.5. The third kappa shape index (κ3) is 2.41. The van der Waals surface area contributed by atoms with Crippen molar-refractivity contribution in [1.82, 2.24) is 0 Å². The van der Waals surface area contributed by atoms with Crippen LogP contribution in [-0.2, 0) is 12.8 Å². The topological polar surface area (TPSA) is 29.3 Å². The first-order valence-corrected chi connectivity index (χ1v) is 7.43. The molecule has 0 bridgehead atoms. The number of benzene rings is 2. The second kappa shape index (κ2) is 5.47. The van der Waals surface area contributed by atoms with E-state index in [-0.39, 0.29) is 6.04 Å². The van der Waals surface area contributed by atoms with Crippen LogP contribution in [0.1, 0.15) is 18.1 Å². The third-order valence-electron chi connectivity index (χ3n) is 3.77. The minimum Gasteiger partial charge on any atom is -0.339 e. The van der Waals surface area contributed by atoms with Gasteiger partial charge in [-0.2, -0.15) is 0 Å². The van der Waals surface area contributed by atoms with Crippen LogP contribution in [0.2, 0.25) is 5.02 Å². The SMILES string of the molecule is CC(N)Cc1cccc(Cl)c1N1CCc2ccccc21. The molecule has 3 heteroatoms. The lowest BCUT2D eigenvalue weighted by atomic mass is 10.0. The lowest BCUT2D eigenvalue weighted by Gasteiger charge is -2.25. The van der Waals surface area contributed by atoms with Crippen LogP contribution in [0.15, 0.2) is 42.5 Å². The van der Waals surface area contributed by atoms with Crippen LogP contribution in [0.25, 0.3) is 0 Å². The fraction of sp³-hybridized carbons (Fsp3) is 0.294. The standard InChI is InChI=1S/C17H19ClN2/c1-12(19)11-14-6-4-7-15(18)17(14)20-10-9-13-5-2-3-8-16(13)20/h2-8,12H,9-11,19H2,1H3. The maximum absolute atomic E-state index is 6.48. The van der Waals surface area contributed by atoms with Crippen molar-refractivity contribution in [1.29, 1.82) is 0 Å². The van der Waals surface area contributed by atoms with Crippen molar-refractivity contribution in [2.75, 3.05) is 11.4 Å². The Hall–Kier alpha value is -1.51. The van der Waals surface area contributed by atoms with Crippen molar-refractivity contribution >= 4 is 23.0 Å². The molecular formula is C17H19ClN2. The molecule has 1 aliphatic heterocycles. The van der Waals surface area contributed by atoms with E-state index in [1.807, 2.05) is 19.1 Å². The summed E-state index contributed by atoms with van der Waals surface area (Å²) in [5.41, 5.74) is 11.0. The highest BCUT2D eigenvalue weighted by molar-refractivity contribution is 6.33. The minimum atomic E-state index is 0.130. The van der Waals surface area contributed by atoms with E-state index in [9.17, 15) is 0 Å².